The average Bonchev–Trinajstić information content (AvgIpc) is 3.01. The summed E-state index contributed by atoms with van der Waals surface area (Å²) in [6, 6.07) is 8.28. The summed E-state index contributed by atoms with van der Waals surface area (Å²) >= 11 is 5.97. The van der Waals surface area contributed by atoms with Crippen LogP contribution in [-0.2, 0) is 5.88 Å². The zero-order valence-corrected chi connectivity index (χ0v) is 12.0. The summed E-state index contributed by atoms with van der Waals surface area (Å²) in [6.45, 7) is 3.88. The first-order valence-corrected chi connectivity index (χ1v) is 6.92. The van der Waals surface area contributed by atoms with Crippen molar-refractivity contribution in [3.63, 3.8) is 0 Å². The molecule has 0 aliphatic carbocycles. The molecule has 3 aromatic rings. The number of hydrogen-bond donors (Lipinski definition) is 0. The Bertz CT molecular complexity index is 762. The van der Waals surface area contributed by atoms with Crippen molar-refractivity contribution in [2.75, 3.05) is 0 Å². The molecule has 0 saturated heterocycles. The third-order valence-corrected chi connectivity index (χ3v) is 3.64. The van der Waals surface area contributed by atoms with Crippen molar-refractivity contribution in [2.45, 2.75) is 25.8 Å². The highest BCUT2D eigenvalue weighted by atomic mass is 35.5. The quantitative estimate of drug-likeness (QED) is 0.669. The van der Waals surface area contributed by atoms with Crippen LogP contribution in [0.25, 0.3) is 11.0 Å². The lowest BCUT2D eigenvalue weighted by Crippen LogP contribution is -2.09. The molecule has 0 radical (unpaired) electrons. The van der Waals surface area contributed by atoms with Crippen molar-refractivity contribution >= 4 is 22.6 Å². The molecule has 0 amide bonds. The third kappa shape index (κ3) is 2.10. The zero-order valence-electron chi connectivity index (χ0n) is 11.2. The molecule has 2 aromatic heterocycles. The van der Waals surface area contributed by atoms with Crippen molar-refractivity contribution in [3.8, 4) is 0 Å². The van der Waals surface area contributed by atoms with E-state index in [9.17, 15) is 4.39 Å². The minimum atomic E-state index is -0.289. The van der Waals surface area contributed by atoms with Gasteiger partial charge in [-0.3, -0.25) is 0 Å². The van der Waals surface area contributed by atoms with E-state index in [0.717, 1.165) is 22.6 Å². The number of rotatable bonds is 3. The number of aryl methyl sites for hydroxylation is 1. The van der Waals surface area contributed by atoms with E-state index in [0.29, 0.717) is 5.82 Å². The van der Waals surface area contributed by atoms with Crippen molar-refractivity contribution < 1.29 is 8.81 Å². The lowest BCUT2D eigenvalue weighted by molar-refractivity contribution is 0.429. The molecule has 0 N–H and O–H groups in total. The summed E-state index contributed by atoms with van der Waals surface area (Å²) < 4.78 is 21.1. The van der Waals surface area contributed by atoms with Crippen LogP contribution in [0.4, 0.5) is 4.39 Å². The molecule has 0 aliphatic heterocycles. The van der Waals surface area contributed by atoms with Gasteiger partial charge in [0.1, 0.15) is 23.2 Å². The summed E-state index contributed by atoms with van der Waals surface area (Å²) in [6.07, 6.45) is 0. The molecule has 0 spiro atoms. The van der Waals surface area contributed by atoms with E-state index in [-0.39, 0.29) is 17.7 Å². The number of fused-ring (bicyclic) bond motifs is 1. The molecule has 20 heavy (non-hydrogen) atoms. The Hall–Kier alpha value is -1.81. The first kappa shape index (κ1) is 13.2. The van der Waals surface area contributed by atoms with Gasteiger partial charge in [-0.15, -0.1) is 11.6 Å². The highest BCUT2D eigenvalue weighted by molar-refractivity contribution is 6.16. The van der Waals surface area contributed by atoms with Crippen LogP contribution >= 0.6 is 11.6 Å². The first-order chi connectivity index (χ1) is 9.60. The van der Waals surface area contributed by atoms with E-state index in [1.165, 1.54) is 12.1 Å². The van der Waals surface area contributed by atoms with Crippen LogP contribution in [0.5, 0.6) is 0 Å². The molecular weight excluding hydrogens is 279 g/mol. The minimum Gasteiger partial charge on any atom is -0.464 e. The zero-order chi connectivity index (χ0) is 14.3. The predicted molar refractivity (Wildman–Crippen MR) is 76.5 cm³/mol. The number of alkyl halides is 1. The van der Waals surface area contributed by atoms with Gasteiger partial charge in [-0.25, -0.2) is 9.37 Å². The van der Waals surface area contributed by atoms with Crippen molar-refractivity contribution in [1.29, 1.82) is 0 Å². The van der Waals surface area contributed by atoms with Gasteiger partial charge >= 0.3 is 0 Å². The number of furan rings is 1. The summed E-state index contributed by atoms with van der Waals surface area (Å²) in [5, 5.41) is 0. The first-order valence-electron chi connectivity index (χ1n) is 6.39. The van der Waals surface area contributed by atoms with Crippen LogP contribution in [0.1, 0.15) is 30.3 Å². The predicted octanol–water partition coefficient (Wildman–Crippen LogP) is 4.42. The van der Waals surface area contributed by atoms with Crippen LogP contribution in [0, 0.1) is 12.7 Å². The number of nitrogens with zero attached hydrogens (tertiary/aromatic N) is 2. The van der Waals surface area contributed by atoms with Crippen molar-refractivity contribution in [1.82, 2.24) is 9.55 Å². The van der Waals surface area contributed by atoms with E-state index in [4.69, 9.17) is 16.0 Å². The second-order valence-electron chi connectivity index (χ2n) is 4.79. The molecule has 0 aliphatic rings. The Morgan fingerprint density at radius 3 is 2.80 bits per heavy atom. The van der Waals surface area contributed by atoms with E-state index in [2.05, 4.69) is 4.98 Å². The largest absolute Gasteiger partial charge is 0.464 e. The second-order valence-corrected chi connectivity index (χ2v) is 5.06. The van der Waals surface area contributed by atoms with E-state index in [1.54, 1.807) is 6.07 Å². The molecule has 3 rings (SSSR count). The van der Waals surface area contributed by atoms with Gasteiger partial charge in [-0.05, 0) is 44.2 Å². The second kappa shape index (κ2) is 4.94. The summed E-state index contributed by atoms with van der Waals surface area (Å²) in [7, 11) is 0. The summed E-state index contributed by atoms with van der Waals surface area (Å²) in [4.78, 5) is 4.45. The molecule has 0 bridgehead atoms. The maximum Gasteiger partial charge on any atom is 0.126 e. The number of benzene rings is 1. The molecule has 1 unspecified atom stereocenters. The van der Waals surface area contributed by atoms with E-state index >= 15 is 0 Å². The van der Waals surface area contributed by atoms with Crippen molar-refractivity contribution in [3.05, 3.63) is 53.5 Å². The standard InChI is InChI=1S/C15H14ClFN2O/c1-9-3-6-14(20-9)10(2)19-13-7-11(17)4-5-12(13)18-15(19)8-16/h3-7,10H,8H2,1-2H3. The van der Waals surface area contributed by atoms with E-state index < -0.39 is 0 Å². The minimum absolute atomic E-state index is 0.0933. The Balaban J connectivity index is 2.20. The van der Waals surface area contributed by atoms with Gasteiger partial charge < -0.3 is 8.98 Å². The van der Waals surface area contributed by atoms with Gasteiger partial charge in [0, 0.05) is 0 Å². The highest BCUT2D eigenvalue weighted by Crippen LogP contribution is 2.28. The SMILES string of the molecule is Cc1ccc(C(C)n2c(CCl)nc3ccc(F)cc32)o1. The third-order valence-electron chi connectivity index (χ3n) is 3.40. The summed E-state index contributed by atoms with van der Waals surface area (Å²) in [5.41, 5.74) is 1.46. The number of hydrogen-bond acceptors (Lipinski definition) is 2. The number of imidazole rings is 1. The van der Waals surface area contributed by atoms with Crippen LogP contribution in [0.15, 0.2) is 34.7 Å². The molecule has 104 valence electrons. The Labute approximate surface area is 121 Å². The molecule has 0 fully saturated rings. The highest BCUT2D eigenvalue weighted by Gasteiger charge is 2.19. The van der Waals surface area contributed by atoms with Crippen LogP contribution in [0.2, 0.25) is 0 Å². The molecule has 3 nitrogen and oxygen atoms in total. The maximum absolute atomic E-state index is 13.5. The van der Waals surface area contributed by atoms with Gasteiger partial charge in [0.05, 0.1) is 23.0 Å². The van der Waals surface area contributed by atoms with Gasteiger partial charge in [0.15, 0.2) is 0 Å². The van der Waals surface area contributed by atoms with Gasteiger partial charge in [-0.1, -0.05) is 0 Å². The van der Waals surface area contributed by atoms with Gasteiger partial charge in [0.2, 0.25) is 0 Å². The van der Waals surface area contributed by atoms with Crippen LogP contribution in [0.3, 0.4) is 0 Å². The van der Waals surface area contributed by atoms with Gasteiger partial charge in [0.25, 0.3) is 0 Å². The van der Waals surface area contributed by atoms with Crippen molar-refractivity contribution in [2.24, 2.45) is 0 Å². The van der Waals surface area contributed by atoms with Crippen LogP contribution in [-0.4, -0.2) is 9.55 Å². The smallest absolute Gasteiger partial charge is 0.126 e. The number of halogens is 2. The topological polar surface area (TPSA) is 31.0 Å². The van der Waals surface area contributed by atoms with Gasteiger partial charge in [-0.2, -0.15) is 0 Å². The fourth-order valence-electron chi connectivity index (χ4n) is 2.45. The average molecular weight is 293 g/mol. The fraction of sp³-hybridized carbons (Fsp3) is 0.267. The molecule has 0 saturated carbocycles. The lowest BCUT2D eigenvalue weighted by Gasteiger charge is -2.14. The molecule has 1 atom stereocenters. The Kier molecular flexibility index (Phi) is 3.26. The number of aromatic nitrogens is 2. The van der Waals surface area contributed by atoms with E-state index in [1.807, 2.05) is 30.5 Å². The van der Waals surface area contributed by atoms with Crippen LogP contribution < -0.4 is 0 Å². The summed E-state index contributed by atoms with van der Waals surface area (Å²) in [5.74, 6) is 2.32. The lowest BCUT2D eigenvalue weighted by atomic mass is 10.2. The Morgan fingerprint density at radius 2 is 2.15 bits per heavy atom. The molecule has 2 heterocycles. The maximum atomic E-state index is 13.5. The molecule has 1 aromatic carbocycles. The molecular formula is C15H14ClFN2O. The Morgan fingerprint density at radius 1 is 1.35 bits per heavy atom. The monoisotopic (exact) mass is 292 g/mol. The molecule has 5 heteroatoms. The fourth-order valence-corrected chi connectivity index (χ4v) is 2.64. The normalized spacial score (nSPS) is 13.0.